The Morgan fingerprint density at radius 1 is 1.26 bits per heavy atom. The molecule has 1 aromatic carbocycles. The molecule has 3 rings (SSSR count). The van der Waals surface area contributed by atoms with E-state index in [1.54, 1.807) is 11.3 Å². The second-order valence-electron chi connectivity index (χ2n) is 4.67. The van der Waals surface area contributed by atoms with Crippen molar-refractivity contribution in [3.05, 3.63) is 35.2 Å². The largest absolute Gasteiger partial charge is 0.349 e. The quantitative estimate of drug-likeness (QED) is 0.895. The van der Waals surface area contributed by atoms with Crippen molar-refractivity contribution in [3.8, 4) is 0 Å². The average molecular weight is 297 g/mol. The average Bonchev–Trinajstić information content (AvgIpc) is 2.87. The van der Waals surface area contributed by atoms with Gasteiger partial charge in [0.05, 0.1) is 0 Å². The Kier molecular flexibility index (Phi) is 4.80. The highest BCUT2D eigenvalue weighted by Crippen LogP contribution is 2.21. The summed E-state index contributed by atoms with van der Waals surface area (Å²) in [5.74, 6) is 0.0509. The zero-order valence-corrected chi connectivity index (χ0v) is 12.2. The van der Waals surface area contributed by atoms with Crippen molar-refractivity contribution in [2.75, 3.05) is 13.1 Å². The predicted molar refractivity (Wildman–Crippen MR) is 82.4 cm³/mol. The Bertz CT molecular complexity index is 563. The third kappa shape index (κ3) is 3.26. The van der Waals surface area contributed by atoms with Gasteiger partial charge in [-0.05, 0) is 61.0 Å². The molecule has 1 aliphatic rings. The number of hydrogen-bond donors (Lipinski definition) is 2. The van der Waals surface area contributed by atoms with Crippen LogP contribution < -0.4 is 10.6 Å². The summed E-state index contributed by atoms with van der Waals surface area (Å²) in [5.41, 5.74) is 0.763. The van der Waals surface area contributed by atoms with Crippen LogP contribution in [0.1, 0.15) is 23.2 Å². The number of fused-ring (bicyclic) bond motifs is 1. The Labute approximate surface area is 122 Å². The third-order valence-corrected chi connectivity index (χ3v) is 4.29. The Morgan fingerprint density at radius 2 is 2.05 bits per heavy atom. The molecular formula is C14H17ClN2OS. The standard InChI is InChI=1S/C14H16N2OS.ClH/c17-14(16-12-3-6-15-7-4-12)11-1-2-13-10(9-11)5-8-18-13;/h1-2,5,8-9,12,15H,3-4,6-7H2,(H,16,17);1H. The lowest BCUT2D eigenvalue weighted by Gasteiger charge is -2.23. The summed E-state index contributed by atoms with van der Waals surface area (Å²) in [6, 6.07) is 8.28. The van der Waals surface area contributed by atoms with Crippen molar-refractivity contribution >= 4 is 39.7 Å². The maximum Gasteiger partial charge on any atom is 0.251 e. The molecule has 1 fully saturated rings. The fourth-order valence-electron chi connectivity index (χ4n) is 2.34. The fraction of sp³-hybridized carbons (Fsp3) is 0.357. The summed E-state index contributed by atoms with van der Waals surface area (Å²) < 4.78 is 1.23. The van der Waals surface area contributed by atoms with Crippen LogP contribution >= 0.6 is 23.7 Å². The van der Waals surface area contributed by atoms with Gasteiger partial charge < -0.3 is 10.6 Å². The van der Waals surface area contributed by atoms with Crippen LogP contribution in [0.15, 0.2) is 29.6 Å². The number of amides is 1. The summed E-state index contributed by atoms with van der Waals surface area (Å²) in [4.78, 5) is 12.2. The molecule has 1 aromatic heterocycles. The summed E-state index contributed by atoms with van der Waals surface area (Å²) in [5, 5.41) is 9.62. The van der Waals surface area contributed by atoms with Crippen molar-refractivity contribution in [1.29, 1.82) is 0 Å². The molecule has 2 aromatic rings. The van der Waals surface area contributed by atoms with E-state index in [0.717, 1.165) is 36.9 Å². The molecule has 5 heteroatoms. The van der Waals surface area contributed by atoms with Gasteiger partial charge in [-0.15, -0.1) is 23.7 Å². The van der Waals surface area contributed by atoms with Gasteiger partial charge in [-0.25, -0.2) is 0 Å². The summed E-state index contributed by atoms with van der Waals surface area (Å²) >= 11 is 1.70. The van der Waals surface area contributed by atoms with E-state index in [9.17, 15) is 4.79 Å². The molecule has 0 aliphatic carbocycles. The number of halogens is 1. The predicted octanol–water partition coefficient (Wildman–Crippen LogP) is 2.80. The van der Waals surface area contributed by atoms with E-state index in [-0.39, 0.29) is 18.3 Å². The molecule has 0 atom stereocenters. The molecule has 0 bridgehead atoms. The van der Waals surface area contributed by atoms with Gasteiger partial charge >= 0.3 is 0 Å². The molecular weight excluding hydrogens is 280 g/mol. The van der Waals surface area contributed by atoms with Gasteiger partial charge in [0.15, 0.2) is 0 Å². The van der Waals surface area contributed by atoms with E-state index in [2.05, 4.69) is 22.1 Å². The lowest BCUT2D eigenvalue weighted by molar-refractivity contribution is 0.0929. The van der Waals surface area contributed by atoms with Crippen LogP contribution in [0.4, 0.5) is 0 Å². The van der Waals surface area contributed by atoms with Crippen LogP contribution in [0.25, 0.3) is 10.1 Å². The van der Waals surface area contributed by atoms with Crippen LogP contribution in [-0.4, -0.2) is 25.0 Å². The Balaban J connectivity index is 0.00000133. The highest BCUT2D eigenvalue weighted by Gasteiger charge is 2.16. The molecule has 0 radical (unpaired) electrons. The normalized spacial score (nSPS) is 16.0. The summed E-state index contributed by atoms with van der Waals surface area (Å²) in [6.07, 6.45) is 2.04. The molecule has 1 amide bonds. The van der Waals surface area contributed by atoms with Crippen LogP contribution in [0.3, 0.4) is 0 Å². The highest BCUT2D eigenvalue weighted by atomic mass is 35.5. The van der Waals surface area contributed by atoms with Gasteiger partial charge in [0.1, 0.15) is 0 Å². The fourth-order valence-corrected chi connectivity index (χ4v) is 3.11. The number of carbonyl (C=O) groups excluding carboxylic acids is 1. The minimum absolute atomic E-state index is 0. The number of thiophene rings is 1. The molecule has 1 aliphatic heterocycles. The molecule has 0 unspecified atom stereocenters. The van der Waals surface area contributed by atoms with Crippen LogP contribution in [0, 0.1) is 0 Å². The number of piperidine rings is 1. The van der Waals surface area contributed by atoms with Gasteiger partial charge in [-0.2, -0.15) is 0 Å². The number of benzene rings is 1. The van der Waals surface area contributed by atoms with Gasteiger partial charge in [0.25, 0.3) is 5.91 Å². The van der Waals surface area contributed by atoms with Crippen molar-refractivity contribution in [2.45, 2.75) is 18.9 Å². The molecule has 102 valence electrons. The maximum absolute atomic E-state index is 12.2. The molecule has 3 nitrogen and oxygen atoms in total. The van der Waals surface area contributed by atoms with E-state index < -0.39 is 0 Å². The molecule has 19 heavy (non-hydrogen) atoms. The highest BCUT2D eigenvalue weighted by molar-refractivity contribution is 7.17. The van der Waals surface area contributed by atoms with E-state index >= 15 is 0 Å². The Hall–Kier alpha value is -1.10. The van der Waals surface area contributed by atoms with Gasteiger partial charge in [0.2, 0.25) is 0 Å². The molecule has 2 N–H and O–H groups in total. The number of carbonyl (C=O) groups is 1. The first-order chi connectivity index (χ1) is 8.83. The Morgan fingerprint density at radius 3 is 2.84 bits per heavy atom. The first-order valence-electron chi connectivity index (χ1n) is 6.32. The SMILES string of the molecule is Cl.O=C(NC1CCNCC1)c1ccc2sccc2c1. The van der Waals surface area contributed by atoms with Crippen LogP contribution in [0.5, 0.6) is 0 Å². The summed E-state index contributed by atoms with van der Waals surface area (Å²) in [6.45, 7) is 1.99. The number of hydrogen-bond acceptors (Lipinski definition) is 3. The lowest BCUT2D eigenvalue weighted by Crippen LogP contribution is -2.42. The minimum atomic E-state index is 0. The van der Waals surface area contributed by atoms with Crippen molar-refractivity contribution in [2.24, 2.45) is 0 Å². The monoisotopic (exact) mass is 296 g/mol. The van der Waals surface area contributed by atoms with E-state index in [4.69, 9.17) is 0 Å². The number of nitrogens with one attached hydrogen (secondary N) is 2. The van der Waals surface area contributed by atoms with Crippen LogP contribution in [0.2, 0.25) is 0 Å². The topological polar surface area (TPSA) is 41.1 Å². The zero-order valence-electron chi connectivity index (χ0n) is 10.5. The van der Waals surface area contributed by atoms with Gasteiger partial charge in [0, 0.05) is 16.3 Å². The maximum atomic E-state index is 12.2. The van der Waals surface area contributed by atoms with E-state index in [1.807, 2.05) is 18.2 Å². The zero-order chi connectivity index (χ0) is 12.4. The van der Waals surface area contributed by atoms with Gasteiger partial charge in [-0.3, -0.25) is 4.79 Å². The van der Waals surface area contributed by atoms with Crippen molar-refractivity contribution in [1.82, 2.24) is 10.6 Å². The third-order valence-electron chi connectivity index (χ3n) is 3.39. The van der Waals surface area contributed by atoms with Crippen molar-refractivity contribution < 1.29 is 4.79 Å². The second-order valence-corrected chi connectivity index (χ2v) is 5.62. The molecule has 0 spiro atoms. The van der Waals surface area contributed by atoms with E-state index in [1.165, 1.54) is 4.70 Å². The first kappa shape index (κ1) is 14.3. The lowest BCUT2D eigenvalue weighted by atomic mass is 10.1. The molecule has 0 saturated carbocycles. The molecule has 1 saturated heterocycles. The smallest absolute Gasteiger partial charge is 0.251 e. The number of rotatable bonds is 2. The molecule has 2 heterocycles. The summed E-state index contributed by atoms with van der Waals surface area (Å²) in [7, 11) is 0. The second kappa shape index (κ2) is 6.37. The van der Waals surface area contributed by atoms with Crippen molar-refractivity contribution in [3.63, 3.8) is 0 Å². The first-order valence-corrected chi connectivity index (χ1v) is 7.20. The minimum Gasteiger partial charge on any atom is -0.349 e. The van der Waals surface area contributed by atoms with E-state index in [0.29, 0.717) is 6.04 Å². The van der Waals surface area contributed by atoms with Crippen LogP contribution in [-0.2, 0) is 0 Å². The van der Waals surface area contributed by atoms with Gasteiger partial charge in [-0.1, -0.05) is 0 Å².